The van der Waals surface area contributed by atoms with Crippen molar-refractivity contribution in [2.24, 2.45) is 0 Å². The number of hydrogen-bond acceptors (Lipinski definition) is 5. The van der Waals surface area contributed by atoms with Crippen LogP contribution in [0.15, 0.2) is 64.2 Å². The van der Waals surface area contributed by atoms with Gasteiger partial charge in [-0.1, -0.05) is 18.2 Å². The Morgan fingerprint density at radius 3 is 2.76 bits per heavy atom. The molecule has 0 bridgehead atoms. The molecule has 1 unspecified atom stereocenters. The van der Waals surface area contributed by atoms with Crippen LogP contribution in [0.4, 0.5) is 0 Å². The van der Waals surface area contributed by atoms with Crippen LogP contribution in [0.25, 0.3) is 10.4 Å². The molecule has 2 N–H and O–H groups in total. The highest BCUT2D eigenvalue weighted by Crippen LogP contribution is 2.32. The number of amides is 1. The minimum absolute atomic E-state index is 0.0305. The van der Waals surface area contributed by atoms with Gasteiger partial charge in [-0.05, 0) is 41.1 Å². The number of aliphatic hydroxyl groups is 1. The third-order valence-corrected chi connectivity index (χ3v) is 6.53. The largest absolute Gasteiger partial charge is 0.386 e. The quantitative estimate of drug-likeness (QED) is 0.544. The second-order valence-electron chi connectivity index (χ2n) is 5.45. The summed E-state index contributed by atoms with van der Waals surface area (Å²) in [7, 11) is 0. The summed E-state index contributed by atoms with van der Waals surface area (Å²) < 4.78 is 0. The molecule has 0 aliphatic carbocycles. The lowest BCUT2D eigenvalue weighted by atomic mass is 10.2. The maximum absolute atomic E-state index is 11.9. The van der Waals surface area contributed by atoms with Crippen LogP contribution in [-0.4, -0.2) is 23.3 Å². The average Bonchev–Trinajstić information content (AvgIpc) is 3.32. The van der Waals surface area contributed by atoms with Crippen molar-refractivity contribution < 1.29 is 9.90 Å². The first-order valence-electron chi connectivity index (χ1n) is 7.97. The van der Waals surface area contributed by atoms with Gasteiger partial charge in [0.15, 0.2) is 0 Å². The van der Waals surface area contributed by atoms with E-state index in [1.807, 2.05) is 47.8 Å². The second-order valence-corrected chi connectivity index (χ2v) is 8.51. The van der Waals surface area contributed by atoms with Gasteiger partial charge in [-0.3, -0.25) is 4.79 Å². The zero-order valence-electron chi connectivity index (χ0n) is 13.6. The molecule has 0 aliphatic heterocycles. The molecule has 0 saturated heterocycles. The molecule has 3 rings (SSSR count). The molecule has 130 valence electrons. The van der Waals surface area contributed by atoms with E-state index in [4.69, 9.17) is 0 Å². The zero-order valence-corrected chi connectivity index (χ0v) is 16.0. The fourth-order valence-electron chi connectivity index (χ4n) is 2.27. The highest BCUT2D eigenvalue weighted by Gasteiger charge is 2.13. The first-order chi connectivity index (χ1) is 12.2. The molecule has 0 spiro atoms. The molecule has 0 saturated carbocycles. The van der Waals surface area contributed by atoms with Crippen LogP contribution in [0.3, 0.4) is 0 Å². The van der Waals surface area contributed by atoms with E-state index in [0.717, 1.165) is 20.4 Å². The monoisotopic (exact) mass is 389 g/mol. The Morgan fingerprint density at radius 2 is 2.00 bits per heavy atom. The van der Waals surface area contributed by atoms with Crippen LogP contribution in [0.5, 0.6) is 0 Å². The summed E-state index contributed by atoms with van der Waals surface area (Å²) in [6.45, 7) is 0.248. The van der Waals surface area contributed by atoms with Crippen molar-refractivity contribution in [3.05, 3.63) is 64.2 Å². The molecule has 0 fully saturated rings. The number of thioether (sulfide) groups is 1. The van der Waals surface area contributed by atoms with E-state index >= 15 is 0 Å². The van der Waals surface area contributed by atoms with Gasteiger partial charge in [0.25, 0.3) is 0 Å². The Labute approximate surface area is 159 Å². The van der Waals surface area contributed by atoms with E-state index in [0.29, 0.717) is 6.42 Å². The molecule has 1 atom stereocenters. The molecule has 25 heavy (non-hydrogen) atoms. The molecule has 0 aliphatic rings. The number of aliphatic hydroxyl groups excluding tert-OH is 1. The lowest BCUT2D eigenvalue weighted by Gasteiger charge is -2.10. The van der Waals surface area contributed by atoms with E-state index in [-0.39, 0.29) is 12.5 Å². The van der Waals surface area contributed by atoms with Crippen LogP contribution >= 0.6 is 34.4 Å². The summed E-state index contributed by atoms with van der Waals surface area (Å²) in [6, 6.07) is 16.0. The number of thiophene rings is 2. The highest BCUT2D eigenvalue weighted by atomic mass is 32.2. The number of carbonyl (C=O) groups is 1. The van der Waals surface area contributed by atoms with Crippen molar-refractivity contribution in [3.8, 4) is 10.4 Å². The fourth-order valence-corrected chi connectivity index (χ4v) is 4.86. The Bertz CT molecular complexity index is 784. The van der Waals surface area contributed by atoms with Crippen molar-refractivity contribution in [2.45, 2.75) is 17.4 Å². The first kappa shape index (κ1) is 18.2. The number of carbonyl (C=O) groups excluding carboxylic acids is 1. The summed E-state index contributed by atoms with van der Waals surface area (Å²) >= 11 is 4.89. The highest BCUT2D eigenvalue weighted by molar-refractivity contribution is 7.99. The third-order valence-electron chi connectivity index (χ3n) is 3.59. The lowest BCUT2D eigenvalue weighted by Crippen LogP contribution is -2.28. The van der Waals surface area contributed by atoms with Crippen LogP contribution in [0, 0.1) is 0 Å². The normalized spacial score (nSPS) is 12.0. The maximum atomic E-state index is 11.9. The summed E-state index contributed by atoms with van der Waals surface area (Å²) in [6.07, 6.45) is -0.222. The molecule has 2 aromatic heterocycles. The average molecular weight is 390 g/mol. The topological polar surface area (TPSA) is 49.3 Å². The minimum atomic E-state index is -0.664. The Balaban J connectivity index is 1.41. The Morgan fingerprint density at radius 1 is 1.16 bits per heavy atom. The van der Waals surface area contributed by atoms with Crippen LogP contribution < -0.4 is 5.32 Å². The van der Waals surface area contributed by atoms with E-state index < -0.39 is 6.10 Å². The molecule has 0 radical (unpaired) electrons. The van der Waals surface area contributed by atoms with Crippen molar-refractivity contribution in [3.63, 3.8) is 0 Å². The predicted octanol–water partition coefficient (Wildman–Crippen LogP) is 4.81. The molecule has 1 aromatic carbocycles. The van der Waals surface area contributed by atoms with Gasteiger partial charge in [-0.25, -0.2) is 0 Å². The van der Waals surface area contributed by atoms with Gasteiger partial charge >= 0.3 is 0 Å². The van der Waals surface area contributed by atoms with E-state index in [1.165, 1.54) is 5.56 Å². The molecular weight excluding hydrogens is 370 g/mol. The van der Waals surface area contributed by atoms with Crippen molar-refractivity contribution >= 4 is 40.3 Å². The van der Waals surface area contributed by atoms with Gasteiger partial charge in [0.2, 0.25) is 5.91 Å². The SMILES string of the molecule is O=C(CCSc1ccccc1)NCC(O)c1ccc(-c2ccsc2)s1. The molecular formula is C19H19NO2S3. The summed E-state index contributed by atoms with van der Waals surface area (Å²) in [5, 5.41) is 17.2. The van der Waals surface area contributed by atoms with Crippen LogP contribution in [-0.2, 0) is 4.79 Å². The Kier molecular flexibility index (Phi) is 6.69. The number of nitrogens with one attached hydrogen (secondary N) is 1. The molecule has 3 aromatic rings. The van der Waals surface area contributed by atoms with E-state index in [2.05, 4.69) is 16.8 Å². The van der Waals surface area contributed by atoms with E-state index in [1.54, 1.807) is 34.4 Å². The lowest BCUT2D eigenvalue weighted by molar-refractivity contribution is -0.121. The first-order valence-corrected chi connectivity index (χ1v) is 10.7. The van der Waals surface area contributed by atoms with Crippen LogP contribution in [0.1, 0.15) is 17.4 Å². The van der Waals surface area contributed by atoms with Gasteiger partial charge in [0.05, 0.1) is 0 Å². The van der Waals surface area contributed by atoms with Gasteiger partial charge in [-0.2, -0.15) is 11.3 Å². The number of hydrogen-bond donors (Lipinski definition) is 2. The fraction of sp³-hybridized carbons (Fsp3) is 0.211. The van der Waals surface area contributed by atoms with Crippen molar-refractivity contribution in [1.82, 2.24) is 5.32 Å². The number of rotatable bonds is 8. The maximum Gasteiger partial charge on any atom is 0.220 e. The second kappa shape index (κ2) is 9.20. The molecule has 2 heterocycles. The minimum Gasteiger partial charge on any atom is -0.386 e. The van der Waals surface area contributed by atoms with Gasteiger partial charge in [-0.15, -0.1) is 23.1 Å². The van der Waals surface area contributed by atoms with Crippen LogP contribution in [0.2, 0.25) is 0 Å². The van der Waals surface area contributed by atoms with Gasteiger partial charge < -0.3 is 10.4 Å². The summed E-state index contributed by atoms with van der Waals surface area (Å²) in [5.41, 5.74) is 1.18. The van der Waals surface area contributed by atoms with Crippen molar-refractivity contribution in [2.75, 3.05) is 12.3 Å². The predicted molar refractivity (Wildman–Crippen MR) is 107 cm³/mol. The van der Waals surface area contributed by atoms with Gasteiger partial charge in [0.1, 0.15) is 6.10 Å². The standard InChI is InChI=1S/C19H19NO2S3/c21-16(18-7-6-17(25-18)14-8-10-23-13-14)12-20-19(22)9-11-24-15-4-2-1-3-5-15/h1-8,10,13,16,21H,9,11-12H2,(H,20,22). The molecule has 6 heteroatoms. The third kappa shape index (κ3) is 5.44. The molecule has 3 nitrogen and oxygen atoms in total. The summed E-state index contributed by atoms with van der Waals surface area (Å²) in [4.78, 5) is 15.1. The van der Waals surface area contributed by atoms with Crippen molar-refractivity contribution in [1.29, 1.82) is 0 Å². The number of benzene rings is 1. The smallest absolute Gasteiger partial charge is 0.220 e. The van der Waals surface area contributed by atoms with E-state index in [9.17, 15) is 9.90 Å². The van der Waals surface area contributed by atoms with Gasteiger partial charge in [0, 0.05) is 38.9 Å². The summed E-state index contributed by atoms with van der Waals surface area (Å²) in [5.74, 6) is 0.699. The zero-order chi connectivity index (χ0) is 17.5. The Hall–Kier alpha value is -1.60. The molecule has 1 amide bonds.